The Balaban J connectivity index is 2.07. The maximum absolute atomic E-state index is 12.7. The summed E-state index contributed by atoms with van der Waals surface area (Å²) in [5.41, 5.74) is -1.71. The Morgan fingerprint density at radius 2 is 1.50 bits per heavy atom. The molecule has 114 valence electrons. The molecule has 0 atom stereocenters. The maximum atomic E-state index is 12.7. The van der Waals surface area contributed by atoms with Crippen LogP contribution in [0, 0.1) is 11.3 Å². The van der Waals surface area contributed by atoms with Crippen molar-refractivity contribution in [2.75, 3.05) is 0 Å². The number of hydrogen-bond acceptors (Lipinski definition) is 3. The summed E-state index contributed by atoms with van der Waals surface area (Å²) in [5.74, 6) is -0.0331. The minimum Gasteiger partial charge on any atom is -0.390 e. The van der Waals surface area contributed by atoms with Crippen LogP contribution in [0.15, 0.2) is 0 Å². The van der Waals surface area contributed by atoms with Gasteiger partial charge in [-0.25, -0.2) is 0 Å². The normalized spacial score (nSPS) is 33.3. The van der Waals surface area contributed by atoms with Crippen LogP contribution >= 0.6 is 0 Å². The second-order valence-electron chi connectivity index (χ2n) is 7.60. The van der Waals surface area contributed by atoms with Crippen LogP contribution in [-0.4, -0.2) is 27.9 Å². The zero-order chi connectivity index (χ0) is 15.2. The number of hydrogen-bond donors (Lipinski definition) is 2. The Morgan fingerprint density at radius 1 is 1.05 bits per heavy atom. The van der Waals surface area contributed by atoms with E-state index in [1.807, 2.05) is 13.8 Å². The summed E-state index contributed by atoms with van der Waals surface area (Å²) in [6.07, 6.45) is 4.33. The van der Waals surface area contributed by atoms with Crippen LogP contribution in [0.3, 0.4) is 0 Å². The van der Waals surface area contributed by atoms with Gasteiger partial charge in [-0.2, -0.15) is 0 Å². The molecule has 2 bridgehead atoms. The molecule has 0 aromatic heterocycles. The number of carbonyl (C=O) groups is 2. The number of Topliss-reactive ketones (excluding diaryl/α,β-unsaturated/α-hetero) is 1. The van der Waals surface area contributed by atoms with Gasteiger partial charge in [-0.05, 0) is 52.4 Å². The van der Waals surface area contributed by atoms with E-state index in [9.17, 15) is 14.7 Å². The van der Waals surface area contributed by atoms with Gasteiger partial charge < -0.3 is 10.4 Å². The largest absolute Gasteiger partial charge is 0.390 e. The summed E-state index contributed by atoms with van der Waals surface area (Å²) in [6.45, 7) is 7.28. The molecule has 3 aliphatic carbocycles. The molecule has 2 N–H and O–H groups in total. The second-order valence-corrected chi connectivity index (χ2v) is 7.60. The van der Waals surface area contributed by atoms with Gasteiger partial charge in [0.05, 0.1) is 11.1 Å². The molecule has 4 heteroatoms. The van der Waals surface area contributed by atoms with Crippen molar-refractivity contribution in [1.82, 2.24) is 5.32 Å². The molecule has 0 saturated heterocycles. The Kier molecular flexibility index (Phi) is 3.74. The van der Waals surface area contributed by atoms with E-state index in [0.717, 1.165) is 19.3 Å². The predicted molar refractivity (Wildman–Crippen MR) is 77.2 cm³/mol. The lowest BCUT2D eigenvalue weighted by molar-refractivity contribution is -0.151. The number of carbonyl (C=O) groups excluding carboxylic acids is 2. The van der Waals surface area contributed by atoms with Crippen LogP contribution in [0.2, 0.25) is 0 Å². The number of ketones is 1. The molecule has 0 aromatic rings. The highest BCUT2D eigenvalue weighted by Crippen LogP contribution is 2.52. The zero-order valence-corrected chi connectivity index (χ0v) is 13.1. The van der Waals surface area contributed by atoms with Gasteiger partial charge in [-0.15, -0.1) is 0 Å². The molecular weight excluding hydrogens is 254 g/mol. The molecule has 0 unspecified atom stereocenters. The van der Waals surface area contributed by atoms with E-state index in [2.05, 4.69) is 5.32 Å². The molecule has 4 nitrogen and oxygen atoms in total. The van der Waals surface area contributed by atoms with Crippen molar-refractivity contribution >= 4 is 11.7 Å². The fraction of sp³-hybridized carbons (Fsp3) is 0.875. The van der Waals surface area contributed by atoms with Crippen LogP contribution in [0.1, 0.15) is 66.2 Å². The minimum atomic E-state index is -0.814. The first-order valence-corrected chi connectivity index (χ1v) is 7.70. The molecule has 3 rings (SSSR count). The molecule has 20 heavy (non-hydrogen) atoms. The minimum absolute atomic E-state index is 0.00162. The average Bonchev–Trinajstić information content (AvgIpc) is 2.38. The number of rotatable bonds is 4. The number of aliphatic hydroxyl groups is 1. The van der Waals surface area contributed by atoms with Gasteiger partial charge in [-0.3, -0.25) is 9.59 Å². The van der Waals surface area contributed by atoms with Crippen molar-refractivity contribution in [3.05, 3.63) is 0 Å². The van der Waals surface area contributed by atoms with Gasteiger partial charge in [-0.1, -0.05) is 13.8 Å². The number of fused-ring (bicyclic) bond motifs is 3. The Bertz CT molecular complexity index is 401. The van der Waals surface area contributed by atoms with E-state index in [0.29, 0.717) is 19.3 Å². The third-order valence-electron chi connectivity index (χ3n) is 5.25. The molecular formula is C16H27NO3. The van der Waals surface area contributed by atoms with Crippen LogP contribution in [-0.2, 0) is 9.59 Å². The van der Waals surface area contributed by atoms with Crippen molar-refractivity contribution in [2.45, 2.75) is 77.4 Å². The Labute approximate surface area is 121 Å². The van der Waals surface area contributed by atoms with Gasteiger partial charge in [0.2, 0.25) is 5.91 Å². The molecule has 0 aliphatic heterocycles. The SMILES string of the molecule is CC(C)C(=O)C(C)(C)NC(=O)C12CCC(O)(CC1)CC2. The first-order chi connectivity index (χ1) is 9.10. The molecule has 0 radical (unpaired) electrons. The van der Waals surface area contributed by atoms with E-state index in [1.165, 1.54) is 0 Å². The fourth-order valence-corrected chi connectivity index (χ4v) is 3.71. The van der Waals surface area contributed by atoms with Crippen LogP contribution in [0.5, 0.6) is 0 Å². The fourth-order valence-electron chi connectivity index (χ4n) is 3.71. The molecule has 3 fully saturated rings. The standard InChI is InChI=1S/C16H27NO3/c1-11(2)12(18)14(3,4)17-13(19)15-5-8-16(20,9-6-15)10-7-15/h11,20H,5-10H2,1-4H3,(H,17,19). The average molecular weight is 281 g/mol. The lowest BCUT2D eigenvalue weighted by atomic mass is 9.58. The van der Waals surface area contributed by atoms with Crippen LogP contribution in [0.4, 0.5) is 0 Å². The van der Waals surface area contributed by atoms with E-state index in [4.69, 9.17) is 0 Å². The second kappa shape index (κ2) is 4.83. The van der Waals surface area contributed by atoms with E-state index in [1.54, 1.807) is 13.8 Å². The van der Waals surface area contributed by atoms with Crippen molar-refractivity contribution in [3.63, 3.8) is 0 Å². The highest BCUT2D eigenvalue weighted by molar-refractivity contribution is 5.94. The Hall–Kier alpha value is -0.900. The molecule has 0 spiro atoms. The first-order valence-electron chi connectivity index (χ1n) is 7.70. The van der Waals surface area contributed by atoms with Crippen LogP contribution in [0.25, 0.3) is 0 Å². The third kappa shape index (κ3) is 2.62. The van der Waals surface area contributed by atoms with Gasteiger partial charge in [0.15, 0.2) is 5.78 Å². The van der Waals surface area contributed by atoms with Gasteiger partial charge >= 0.3 is 0 Å². The monoisotopic (exact) mass is 281 g/mol. The third-order valence-corrected chi connectivity index (χ3v) is 5.25. The summed E-state index contributed by atoms with van der Waals surface area (Å²) in [6, 6.07) is 0. The van der Waals surface area contributed by atoms with Crippen molar-refractivity contribution < 1.29 is 14.7 Å². The van der Waals surface area contributed by atoms with E-state index < -0.39 is 11.1 Å². The van der Waals surface area contributed by atoms with Crippen molar-refractivity contribution in [3.8, 4) is 0 Å². The summed E-state index contributed by atoms with van der Waals surface area (Å²) in [7, 11) is 0. The molecule has 3 saturated carbocycles. The lowest BCUT2D eigenvalue weighted by Gasteiger charge is -2.50. The summed E-state index contributed by atoms with van der Waals surface area (Å²) >= 11 is 0. The van der Waals surface area contributed by atoms with Gasteiger partial charge in [0, 0.05) is 11.3 Å². The summed E-state index contributed by atoms with van der Waals surface area (Å²) < 4.78 is 0. The smallest absolute Gasteiger partial charge is 0.226 e. The molecule has 3 aliphatic rings. The summed E-state index contributed by atoms with van der Waals surface area (Å²) in [5, 5.41) is 13.2. The van der Waals surface area contributed by atoms with Crippen LogP contribution < -0.4 is 5.32 Å². The van der Waals surface area contributed by atoms with Crippen molar-refractivity contribution in [2.24, 2.45) is 11.3 Å². The summed E-state index contributed by atoms with van der Waals surface area (Å²) in [4.78, 5) is 24.9. The van der Waals surface area contributed by atoms with Gasteiger partial charge in [0.25, 0.3) is 0 Å². The predicted octanol–water partition coefficient (Wildman–Crippen LogP) is 2.19. The molecule has 0 aromatic carbocycles. The highest BCUT2D eigenvalue weighted by atomic mass is 16.3. The highest BCUT2D eigenvalue weighted by Gasteiger charge is 2.52. The Morgan fingerprint density at radius 3 is 1.90 bits per heavy atom. The van der Waals surface area contributed by atoms with Gasteiger partial charge in [0.1, 0.15) is 0 Å². The maximum Gasteiger partial charge on any atom is 0.226 e. The zero-order valence-electron chi connectivity index (χ0n) is 13.1. The lowest BCUT2D eigenvalue weighted by Crippen LogP contribution is -2.59. The topological polar surface area (TPSA) is 66.4 Å². The number of amides is 1. The van der Waals surface area contributed by atoms with Crippen molar-refractivity contribution in [1.29, 1.82) is 0 Å². The van der Waals surface area contributed by atoms with E-state index in [-0.39, 0.29) is 23.0 Å². The first kappa shape index (κ1) is 15.5. The quantitative estimate of drug-likeness (QED) is 0.830. The molecule has 1 amide bonds. The molecule has 0 heterocycles. The number of nitrogens with one attached hydrogen (secondary N) is 1. The van der Waals surface area contributed by atoms with E-state index >= 15 is 0 Å².